The number of rotatable bonds is 6. The molecule has 0 radical (unpaired) electrons. The van der Waals surface area contributed by atoms with Gasteiger partial charge in [-0.25, -0.2) is 17.5 Å². The molecule has 1 unspecified atom stereocenters. The molecule has 0 aliphatic rings. The van der Waals surface area contributed by atoms with Crippen LogP contribution in [0.1, 0.15) is 19.8 Å². The molecular formula is C11H17FN2O3S. The van der Waals surface area contributed by atoms with Crippen LogP contribution < -0.4 is 10.5 Å². The summed E-state index contributed by atoms with van der Waals surface area (Å²) >= 11 is 0. The van der Waals surface area contributed by atoms with E-state index < -0.39 is 15.8 Å². The molecule has 0 fully saturated rings. The maximum Gasteiger partial charge on any atom is 0.240 e. The normalized spacial score (nSPS) is 13.5. The topological polar surface area (TPSA) is 92.4 Å². The van der Waals surface area contributed by atoms with Crippen LogP contribution in [0.25, 0.3) is 0 Å². The molecule has 18 heavy (non-hydrogen) atoms. The minimum Gasteiger partial charge on any atom is -0.399 e. The molecule has 102 valence electrons. The number of nitrogens with one attached hydrogen (secondary N) is 1. The van der Waals surface area contributed by atoms with Gasteiger partial charge < -0.3 is 10.8 Å². The Morgan fingerprint density at radius 1 is 1.44 bits per heavy atom. The Kier molecular flexibility index (Phi) is 5.06. The molecule has 0 bridgehead atoms. The Hall–Kier alpha value is -1.18. The van der Waals surface area contributed by atoms with Crippen molar-refractivity contribution >= 4 is 15.7 Å². The SMILES string of the molecule is CC(CCCO)NS(=O)(=O)c1cc(N)cc(F)c1. The molecule has 0 saturated heterocycles. The first-order valence-corrected chi connectivity index (χ1v) is 7.02. The van der Waals surface area contributed by atoms with E-state index in [0.717, 1.165) is 12.1 Å². The van der Waals surface area contributed by atoms with Crippen LogP contribution in [0.2, 0.25) is 0 Å². The highest BCUT2D eigenvalue weighted by Crippen LogP contribution is 2.16. The number of benzene rings is 1. The largest absolute Gasteiger partial charge is 0.399 e. The smallest absolute Gasteiger partial charge is 0.240 e. The fraction of sp³-hybridized carbons (Fsp3) is 0.455. The van der Waals surface area contributed by atoms with E-state index in [1.807, 2.05) is 0 Å². The van der Waals surface area contributed by atoms with E-state index >= 15 is 0 Å². The van der Waals surface area contributed by atoms with Crippen LogP contribution >= 0.6 is 0 Å². The van der Waals surface area contributed by atoms with E-state index in [-0.39, 0.29) is 23.2 Å². The van der Waals surface area contributed by atoms with Crippen LogP contribution in [0.5, 0.6) is 0 Å². The lowest BCUT2D eigenvalue weighted by Crippen LogP contribution is -2.32. The predicted octanol–water partition coefficient (Wildman–Crippen LogP) is 0.847. The monoisotopic (exact) mass is 276 g/mol. The molecule has 0 aliphatic heterocycles. The zero-order valence-corrected chi connectivity index (χ0v) is 10.9. The number of nitrogens with two attached hydrogens (primary N) is 1. The second-order valence-corrected chi connectivity index (χ2v) is 5.82. The molecule has 5 nitrogen and oxygen atoms in total. The number of halogens is 1. The molecular weight excluding hydrogens is 259 g/mol. The predicted molar refractivity (Wildman–Crippen MR) is 66.9 cm³/mol. The maximum atomic E-state index is 13.1. The molecule has 1 rings (SSSR count). The summed E-state index contributed by atoms with van der Waals surface area (Å²) in [7, 11) is -3.79. The lowest BCUT2D eigenvalue weighted by molar-refractivity contribution is 0.279. The van der Waals surface area contributed by atoms with E-state index in [0.29, 0.717) is 12.8 Å². The molecule has 7 heteroatoms. The Morgan fingerprint density at radius 3 is 2.67 bits per heavy atom. The molecule has 1 aromatic rings. The number of hydrogen-bond acceptors (Lipinski definition) is 4. The van der Waals surface area contributed by atoms with Crippen LogP contribution in [0.4, 0.5) is 10.1 Å². The average molecular weight is 276 g/mol. The Labute approximate surface area is 106 Å². The molecule has 0 amide bonds. The molecule has 1 aromatic carbocycles. The summed E-state index contributed by atoms with van der Waals surface area (Å²) in [5, 5.41) is 8.66. The van der Waals surface area contributed by atoms with E-state index in [9.17, 15) is 12.8 Å². The first-order chi connectivity index (χ1) is 8.35. The number of sulfonamides is 1. The fourth-order valence-corrected chi connectivity index (χ4v) is 2.87. The average Bonchev–Trinajstić information content (AvgIpc) is 2.24. The minimum absolute atomic E-state index is 0.00101. The van der Waals surface area contributed by atoms with Gasteiger partial charge in [-0.3, -0.25) is 0 Å². The van der Waals surface area contributed by atoms with Crippen molar-refractivity contribution in [1.82, 2.24) is 4.72 Å². The van der Waals surface area contributed by atoms with E-state index in [4.69, 9.17) is 10.8 Å². The van der Waals surface area contributed by atoms with Gasteiger partial charge in [0.15, 0.2) is 0 Å². The van der Waals surface area contributed by atoms with Crippen molar-refractivity contribution in [2.45, 2.75) is 30.7 Å². The Morgan fingerprint density at radius 2 is 2.11 bits per heavy atom. The van der Waals surface area contributed by atoms with Crippen LogP contribution in [0.15, 0.2) is 23.1 Å². The number of aliphatic hydroxyl groups is 1. The van der Waals surface area contributed by atoms with Gasteiger partial charge in [-0.1, -0.05) is 0 Å². The molecule has 0 aliphatic carbocycles. The first kappa shape index (κ1) is 14.9. The summed E-state index contributed by atoms with van der Waals surface area (Å²) in [4.78, 5) is -0.198. The highest BCUT2D eigenvalue weighted by Gasteiger charge is 2.18. The Bertz CT molecular complexity index is 485. The molecule has 0 spiro atoms. The van der Waals surface area contributed by atoms with Gasteiger partial charge in [0.1, 0.15) is 5.82 Å². The van der Waals surface area contributed by atoms with Crippen LogP contribution in [-0.4, -0.2) is 26.2 Å². The summed E-state index contributed by atoms with van der Waals surface area (Å²) in [5.41, 5.74) is 5.46. The van der Waals surface area contributed by atoms with Gasteiger partial charge in [0.05, 0.1) is 4.90 Å². The highest BCUT2D eigenvalue weighted by molar-refractivity contribution is 7.89. The van der Waals surface area contributed by atoms with Crippen molar-refractivity contribution in [3.63, 3.8) is 0 Å². The van der Waals surface area contributed by atoms with E-state index in [2.05, 4.69) is 4.72 Å². The Balaban J connectivity index is 2.86. The van der Waals surface area contributed by atoms with Crippen LogP contribution in [-0.2, 0) is 10.0 Å². The summed E-state index contributed by atoms with van der Waals surface area (Å²) < 4.78 is 39.3. The third-order valence-corrected chi connectivity index (χ3v) is 3.92. The van der Waals surface area contributed by atoms with Gasteiger partial charge in [-0.05, 0) is 38.0 Å². The second kappa shape index (κ2) is 6.12. The quantitative estimate of drug-likeness (QED) is 0.671. The second-order valence-electron chi connectivity index (χ2n) is 4.11. The summed E-state index contributed by atoms with van der Waals surface area (Å²) in [6.45, 7) is 1.68. The zero-order valence-electron chi connectivity index (χ0n) is 10.1. The molecule has 4 N–H and O–H groups in total. The minimum atomic E-state index is -3.79. The third kappa shape index (κ3) is 4.25. The zero-order chi connectivity index (χ0) is 13.8. The van der Waals surface area contributed by atoms with Crippen molar-refractivity contribution in [3.8, 4) is 0 Å². The van der Waals surface area contributed by atoms with Crippen molar-refractivity contribution in [1.29, 1.82) is 0 Å². The van der Waals surface area contributed by atoms with Gasteiger partial charge >= 0.3 is 0 Å². The van der Waals surface area contributed by atoms with Crippen LogP contribution in [0, 0.1) is 5.82 Å². The van der Waals surface area contributed by atoms with Gasteiger partial charge in [-0.15, -0.1) is 0 Å². The first-order valence-electron chi connectivity index (χ1n) is 5.54. The van der Waals surface area contributed by atoms with Gasteiger partial charge in [0.2, 0.25) is 10.0 Å². The summed E-state index contributed by atoms with van der Waals surface area (Å²) in [6.07, 6.45) is 0.996. The van der Waals surface area contributed by atoms with Crippen LogP contribution in [0.3, 0.4) is 0 Å². The fourth-order valence-electron chi connectivity index (χ4n) is 1.53. The highest BCUT2D eigenvalue weighted by atomic mass is 32.2. The number of nitrogen functional groups attached to an aromatic ring is 1. The molecule has 0 saturated carbocycles. The van der Waals surface area contributed by atoms with Crippen molar-refractivity contribution in [2.24, 2.45) is 0 Å². The molecule has 0 aromatic heterocycles. The van der Waals surface area contributed by atoms with Crippen molar-refractivity contribution in [2.75, 3.05) is 12.3 Å². The molecule has 1 atom stereocenters. The third-order valence-electron chi connectivity index (χ3n) is 2.36. The lowest BCUT2D eigenvalue weighted by Gasteiger charge is -2.14. The van der Waals surface area contributed by atoms with Crippen molar-refractivity contribution < 1.29 is 17.9 Å². The maximum absolute atomic E-state index is 13.1. The number of anilines is 1. The molecule has 0 heterocycles. The van der Waals surface area contributed by atoms with Crippen molar-refractivity contribution in [3.05, 3.63) is 24.0 Å². The van der Waals surface area contributed by atoms with Gasteiger partial charge in [0, 0.05) is 18.3 Å². The van der Waals surface area contributed by atoms with E-state index in [1.54, 1.807) is 6.92 Å². The standard InChI is InChI=1S/C11H17FN2O3S/c1-8(3-2-4-15)14-18(16,17)11-6-9(12)5-10(13)7-11/h5-8,14-15H,2-4,13H2,1H3. The van der Waals surface area contributed by atoms with E-state index in [1.165, 1.54) is 6.07 Å². The lowest BCUT2D eigenvalue weighted by atomic mass is 10.2. The number of hydrogen-bond donors (Lipinski definition) is 3. The summed E-state index contributed by atoms with van der Waals surface area (Å²) in [5.74, 6) is -0.696. The number of aliphatic hydroxyl groups excluding tert-OH is 1. The van der Waals surface area contributed by atoms with Gasteiger partial charge in [0.25, 0.3) is 0 Å². The van der Waals surface area contributed by atoms with Gasteiger partial charge in [-0.2, -0.15) is 0 Å². The summed E-state index contributed by atoms with van der Waals surface area (Å²) in [6, 6.07) is 2.82.